The molecule has 0 bridgehead atoms. The van der Waals surface area contributed by atoms with E-state index in [1.165, 1.54) is 25.7 Å². The van der Waals surface area contributed by atoms with Crippen LogP contribution in [0.4, 0.5) is 11.4 Å². The molecule has 4 heteroatoms. The van der Waals surface area contributed by atoms with Crippen molar-refractivity contribution in [3.8, 4) is 0 Å². The topological polar surface area (TPSA) is 55.2 Å². The predicted molar refractivity (Wildman–Crippen MR) is 77.4 cm³/mol. The molecule has 19 heavy (non-hydrogen) atoms. The minimum Gasteiger partial charge on any atom is -0.379 e. The maximum absolute atomic E-state index is 11.0. The van der Waals surface area contributed by atoms with Gasteiger partial charge in [0.25, 0.3) is 5.69 Å². The summed E-state index contributed by atoms with van der Waals surface area (Å²) in [6.45, 7) is 5.08. The Hall–Kier alpha value is -1.58. The second-order valence-electron chi connectivity index (χ2n) is 5.68. The molecular formula is C15H22N2O2. The van der Waals surface area contributed by atoms with Crippen LogP contribution < -0.4 is 5.32 Å². The van der Waals surface area contributed by atoms with Gasteiger partial charge in [-0.1, -0.05) is 32.3 Å². The molecule has 1 N–H and O–H groups in total. The number of anilines is 1. The maximum Gasteiger partial charge on any atom is 0.292 e. The molecule has 1 aromatic carbocycles. The third kappa shape index (κ3) is 3.46. The van der Waals surface area contributed by atoms with Crippen molar-refractivity contribution in [2.24, 2.45) is 11.8 Å². The summed E-state index contributed by atoms with van der Waals surface area (Å²) in [4.78, 5) is 10.7. The number of nitrogens with one attached hydrogen (secondary N) is 1. The molecule has 0 saturated heterocycles. The van der Waals surface area contributed by atoms with Crippen molar-refractivity contribution in [1.82, 2.24) is 0 Å². The Morgan fingerprint density at radius 3 is 2.79 bits per heavy atom. The van der Waals surface area contributed by atoms with Crippen molar-refractivity contribution in [3.63, 3.8) is 0 Å². The minimum absolute atomic E-state index is 0.175. The second-order valence-corrected chi connectivity index (χ2v) is 5.68. The first kappa shape index (κ1) is 13.8. The first-order valence-corrected chi connectivity index (χ1v) is 7.07. The lowest BCUT2D eigenvalue weighted by atomic mass is 9.80. The van der Waals surface area contributed by atoms with Gasteiger partial charge in [0.15, 0.2) is 0 Å². The van der Waals surface area contributed by atoms with Crippen molar-refractivity contribution in [3.05, 3.63) is 33.9 Å². The fourth-order valence-electron chi connectivity index (χ4n) is 2.89. The number of rotatable bonds is 4. The highest BCUT2D eigenvalue weighted by atomic mass is 16.6. The second kappa shape index (κ2) is 6.04. The van der Waals surface area contributed by atoms with Crippen molar-refractivity contribution >= 4 is 11.4 Å². The Balaban J connectivity index is 2.05. The van der Waals surface area contributed by atoms with Gasteiger partial charge in [0, 0.05) is 12.6 Å². The Bertz CT molecular complexity index is 459. The van der Waals surface area contributed by atoms with Gasteiger partial charge >= 0.3 is 0 Å². The molecule has 2 atom stereocenters. The third-order valence-corrected chi connectivity index (χ3v) is 4.19. The van der Waals surface area contributed by atoms with Gasteiger partial charge in [-0.2, -0.15) is 0 Å². The molecule has 2 rings (SSSR count). The Morgan fingerprint density at radius 1 is 1.37 bits per heavy atom. The average Bonchev–Trinajstić information content (AvgIpc) is 2.37. The van der Waals surface area contributed by atoms with E-state index in [-0.39, 0.29) is 10.6 Å². The quantitative estimate of drug-likeness (QED) is 0.655. The highest BCUT2D eigenvalue weighted by Gasteiger charge is 2.22. The van der Waals surface area contributed by atoms with Crippen LogP contribution in [-0.4, -0.2) is 11.5 Å². The zero-order valence-electron chi connectivity index (χ0n) is 11.7. The molecule has 0 amide bonds. The van der Waals surface area contributed by atoms with Gasteiger partial charge < -0.3 is 5.32 Å². The first-order valence-electron chi connectivity index (χ1n) is 7.07. The van der Waals surface area contributed by atoms with E-state index in [0.717, 1.165) is 12.1 Å². The van der Waals surface area contributed by atoms with Crippen LogP contribution in [0.5, 0.6) is 0 Å². The van der Waals surface area contributed by atoms with Crippen LogP contribution in [0.25, 0.3) is 0 Å². The van der Waals surface area contributed by atoms with Crippen LogP contribution in [0.3, 0.4) is 0 Å². The van der Waals surface area contributed by atoms with Gasteiger partial charge in [0.2, 0.25) is 0 Å². The highest BCUT2D eigenvalue weighted by Crippen LogP contribution is 2.31. The van der Waals surface area contributed by atoms with Crippen LogP contribution in [0.2, 0.25) is 0 Å². The molecule has 1 aliphatic carbocycles. The number of aryl methyl sites for hydroxylation is 1. The molecule has 104 valence electrons. The lowest BCUT2D eigenvalue weighted by Crippen LogP contribution is -2.24. The van der Waals surface area contributed by atoms with Gasteiger partial charge in [-0.25, -0.2) is 0 Å². The number of benzene rings is 1. The van der Waals surface area contributed by atoms with Crippen molar-refractivity contribution in [2.75, 3.05) is 11.9 Å². The third-order valence-electron chi connectivity index (χ3n) is 4.19. The fourth-order valence-corrected chi connectivity index (χ4v) is 2.89. The Labute approximate surface area is 114 Å². The normalized spacial score (nSPS) is 23.1. The molecule has 0 aromatic heterocycles. The zero-order valence-corrected chi connectivity index (χ0v) is 11.7. The number of nitro groups is 1. The van der Waals surface area contributed by atoms with Gasteiger partial charge in [-0.05, 0) is 36.8 Å². The van der Waals surface area contributed by atoms with Crippen molar-refractivity contribution in [1.29, 1.82) is 0 Å². The first-order chi connectivity index (χ1) is 9.08. The zero-order chi connectivity index (χ0) is 13.8. The summed E-state index contributed by atoms with van der Waals surface area (Å²) >= 11 is 0. The molecule has 0 radical (unpaired) electrons. The van der Waals surface area contributed by atoms with Crippen molar-refractivity contribution in [2.45, 2.75) is 39.5 Å². The van der Waals surface area contributed by atoms with E-state index in [1.54, 1.807) is 12.1 Å². The molecule has 1 aliphatic rings. The van der Waals surface area contributed by atoms with Crippen LogP contribution in [0, 0.1) is 28.9 Å². The van der Waals surface area contributed by atoms with E-state index in [2.05, 4.69) is 12.2 Å². The highest BCUT2D eigenvalue weighted by molar-refractivity contribution is 5.62. The standard InChI is InChI=1S/C15H22N2O2/c1-11-7-8-15(17(18)19)14(9-11)16-10-13-6-4-3-5-12(13)2/h7-9,12-13,16H,3-6,10H2,1-2H3. The molecule has 0 spiro atoms. The minimum atomic E-state index is -0.313. The summed E-state index contributed by atoms with van der Waals surface area (Å²) < 4.78 is 0. The average molecular weight is 262 g/mol. The van der Waals surface area contributed by atoms with E-state index < -0.39 is 0 Å². The summed E-state index contributed by atoms with van der Waals surface area (Å²) in [6.07, 6.45) is 5.12. The molecule has 0 heterocycles. The van der Waals surface area contributed by atoms with Gasteiger partial charge in [-0.15, -0.1) is 0 Å². The lowest BCUT2D eigenvalue weighted by Gasteiger charge is -2.29. The van der Waals surface area contributed by atoms with E-state index in [9.17, 15) is 10.1 Å². The van der Waals surface area contributed by atoms with Crippen LogP contribution >= 0.6 is 0 Å². The van der Waals surface area contributed by atoms with Gasteiger partial charge in [0.05, 0.1) is 4.92 Å². The molecule has 1 fully saturated rings. The fraction of sp³-hybridized carbons (Fsp3) is 0.600. The molecular weight excluding hydrogens is 240 g/mol. The van der Waals surface area contributed by atoms with Crippen LogP contribution in [-0.2, 0) is 0 Å². The molecule has 4 nitrogen and oxygen atoms in total. The van der Waals surface area contributed by atoms with Crippen LogP contribution in [0.15, 0.2) is 18.2 Å². The van der Waals surface area contributed by atoms with Gasteiger partial charge in [0.1, 0.15) is 5.69 Å². The largest absolute Gasteiger partial charge is 0.379 e. The Kier molecular flexibility index (Phi) is 4.40. The molecule has 1 saturated carbocycles. The number of hydrogen-bond acceptors (Lipinski definition) is 3. The van der Waals surface area contributed by atoms with Crippen LogP contribution in [0.1, 0.15) is 38.2 Å². The lowest BCUT2D eigenvalue weighted by molar-refractivity contribution is -0.384. The molecule has 0 aliphatic heterocycles. The maximum atomic E-state index is 11.0. The van der Waals surface area contributed by atoms with E-state index >= 15 is 0 Å². The summed E-state index contributed by atoms with van der Waals surface area (Å²) in [5.41, 5.74) is 1.88. The number of nitrogens with zero attached hydrogens (tertiary/aromatic N) is 1. The number of nitro benzene ring substituents is 1. The number of hydrogen-bond donors (Lipinski definition) is 1. The molecule has 1 aromatic rings. The van der Waals surface area contributed by atoms with Gasteiger partial charge in [-0.3, -0.25) is 10.1 Å². The predicted octanol–water partition coefficient (Wildman–Crippen LogP) is 4.14. The van der Waals surface area contributed by atoms with E-state index in [0.29, 0.717) is 17.5 Å². The Morgan fingerprint density at radius 2 is 2.11 bits per heavy atom. The summed E-state index contributed by atoms with van der Waals surface area (Å²) in [5, 5.41) is 14.3. The van der Waals surface area contributed by atoms with E-state index in [4.69, 9.17) is 0 Å². The smallest absolute Gasteiger partial charge is 0.292 e. The summed E-state index contributed by atoms with van der Waals surface area (Å²) in [5.74, 6) is 1.35. The molecule has 2 unspecified atom stereocenters. The monoisotopic (exact) mass is 262 g/mol. The summed E-state index contributed by atoms with van der Waals surface area (Å²) in [7, 11) is 0. The SMILES string of the molecule is Cc1ccc([N+](=O)[O-])c(NCC2CCCCC2C)c1. The van der Waals surface area contributed by atoms with Crippen molar-refractivity contribution < 1.29 is 4.92 Å². The van der Waals surface area contributed by atoms with E-state index in [1.807, 2.05) is 13.0 Å². The summed E-state index contributed by atoms with van der Waals surface area (Å²) in [6, 6.07) is 5.24.